The number of urea groups is 1. The summed E-state index contributed by atoms with van der Waals surface area (Å²) in [6.45, 7) is 4.36. The largest absolute Gasteiger partial charge is 0.462 e. The Morgan fingerprint density at radius 2 is 1.79 bits per heavy atom. The van der Waals surface area contributed by atoms with Crippen LogP contribution in [-0.2, 0) is 16.0 Å². The van der Waals surface area contributed by atoms with E-state index >= 15 is 0 Å². The summed E-state index contributed by atoms with van der Waals surface area (Å²) in [6, 6.07) is 13.6. The van der Waals surface area contributed by atoms with Crippen LogP contribution >= 0.6 is 11.3 Å². The lowest BCUT2D eigenvalue weighted by atomic mass is 10.2. The van der Waals surface area contributed by atoms with Crippen molar-refractivity contribution in [2.24, 2.45) is 0 Å². The lowest BCUT2D eigenvalue weighted by Gasteiger charge is -2.07. The van der Waals surface area contributed by atoms with Crippen molar-refractivity contribution in [3.05, 3.63) is 70.7 Å². The molecule has 0 saturated heterocycles. The smallest absolute Gasteiger partial charge is 0.338 e. The van der Waals surface area contributed by atoms with E-state index in [0.717, 1.165) is 18.4 Å². The van der Waals surface area contributed by atoms with E-state index in [1.54, 1.807) is 35.7 Å². The zero-order valence-corrected chi connectivity index (χ0v) is 19.3. The van der Waals surface area contributed by atoms with Crippen LogP contribution < -0.4 is 16.0 Å². The standard InChI is InChI=1S/C24H26N4O4S/c1-3-4-12-32-22(30)17-8-10-18(11-9-17)25-21(29)14-20-15-33-24(27-20)28-23(31)26-19-7-5-6-16(2)13-19/h5-11,13,15H,3-4,12,14H2,1-2H3,(H,25,29)(H2,26,27,28,31). The third-order valence-electron chi connectivity index (χ3n) is 4.53. The average Bonchev–Trinajstić information content (AvgIpc) is 3.20. The van der Waals surface area contributed by atoms with Crippen molar-refractivity contribution in [1.29, 1.82) is 0 Å². The fourth-order valence-corrected chi connectivity index (χ4v) is 3.59. The third-order valence-corrected chi connectivity index (χ3v) is 5.33. The molecule has 0 radical (unpaired) electrons. The van der Waals surface area contributed by atoms with Gasteiger partial charge in [-0.2, -0.15) is 0 Å². The summed E-state index contributed by atoms with van der Waals surface area (Å²) in [5.74, 6) is -0.635. The average molecular weight is 467 g/mol. The quantitative estimate of drug-likeness (QED) is 0.295. The van der Waals surface area contributed by atoms with Crippen LogP contribution in [0.3, 0.4) is 0 Å². The van der Waals surface area contributed by atoms with E-state index in [-0.39, 0.29) is 18.3 Å². The molecule has 3 amide bonds. The molecule has 0 bridgehead atoms. The summed E-state index contributed by atoms with van der Waals surface area (Å²) in [6.07, 6.45) is 1.83. The second-order valence-corrected chi connectivity index (χ2v) is 8.24. The van der Waals surface area contributed by atoms with Crippen molar-refractivity contribution < 1.29 is 19.1 Å². The number of hydrogen-bond donors (Lipinski definition) is 3. The number of carbonyl (C=O) groups excluding carboxylic acids is 3. The molecule has 0 aliphatic heterocycles. The van der Waals surface area contributed by atoms with Crippen LogP contribution in [0.2, 0.25) is 0 Å². The monoisotopic (exact) mass is 466 g/mol. The van der Waals surface area contributed by atoms with E-state index in [9.17, 15) is 14.4 Å². The Morgan fingerprint density at radius 1 is 1.00 bits per heavy atom. The molecule has 0 fully saturated rings. The number of carbonyl (C=O) groups is 3. The maximum absolute atomic E-state index is 12.3. The highest BCUT2D eigenvalue weighted by Gasteiger charge is 2.12. The molecule has 2 aromatic carbocycles. The molecule has 172 valence electrons. The van der Waals surface area contributed by atoms with E-state index in [2.05, 4.69) is 20.9 Å². The zero-order chi connectivity index (χ0) is 23.6. The van der Waals surface area contributed by atoms with Crippen LogP contribution in [0.25, 0.3) is 0 Å². The summed E-state index contributed by atoms with van der Waals surface area (Å²) in [4.78, 5) is 40.7. The van der Waals surface area contributed by atoms with E-state index in [1.807, 2.05) is 32.0 Å². The number of anilines is 3. The number of nitrogens with one attached hydrogen (secondary N) is 3. The molecular weight excluding hydrogens is 440 g/mol. The van der Waals surface area contributed by atoms with Gasteiger partial charge in [-0.15, -0.1) is 11.3 Å². The first-order chi connectivity index (χ1) is 15.9. The molecule has 0 aliphatic carbocycles. The number of thiazole rings is 1. The van der Waals surface area contributed by atoms with E-state index in [0.29, 0.717) is 34.4 Å². The number of unbranched alkanes of at least 4 members (excludes halogenated alkanes) is 1. The van der Waals surface area contributed by atoms with Crippen LogP contribution in [0, 0.1) is 6.92 Å². The normalized spacial score (nSPS) is 10.4. The molecule has 3 rings (SSSR count). The van der Waals surface area contributed by atoms with E-state index in [4.69, 9.17) is 4.74 Å². The Kier molecular flexibility index (Phi) is 8.54. The maximum atomic E-state index is 12.3. The number of aryl methyl sites for hydroxylation is 1. The fraction of sp³-hybridized carbons (Fsp3) is 0.250. The van der Waals surface area contributed by atoms with Crippen LogP contribution in [0.4, 0.5) is 21.3 Å². The van der Waals surface area contributed by atoms with Gasteiger partial charge >= 0.3 is 12.0 Å². The van der Waals surface area contributed by atoms with Crippen molar-refractivity contribution in [2.75, 3.05) is 22.6 Å². The number of ether oxygens (including phenoxy) is 1. The zero-order valence-electron chi connectivity index (χ0n) is 18.5. The molecular formula is C24H26N4O4S. The minimum atomic E-state index is -0.403. The molecule has 0 spiro atoms. The number of benzene rings is 2. The predicted octanol–water partition coefficient (Wildman–Crippen LogP) is 5.23. The summed E-state index contributed by atoms with van der Waals surface area (Å²) in [7, 11) is 0. The summed E-state index contributed by atoms with van der Waals surface area (Å²) in [5, 5.41) is 10.3. The van der Waals surface area contributed by atoms with Gasteiger partial charge < -0.3 is 15.4 Å². The number of esters is 1. The third kappa shape index (κ3) is 7.73. The van der Waals surface area contributed by atoms with Crippen molar-refractivity contribution in [3.8, 4) is 0 Å². The van der Waals surface area contributed by atoms with E-state index in [1.165, 1.54) is 11.3 Å². The Balaban J connectivity index is 1.47. The highest BCUT2D eigenvalue weighted by atomic mass is 32.1. The van der Waals surface area contributed by atoms with Gasteiger partial charge in [-0.3, -0.25) is 10.1 Å². The molecule has 0 unspecified atom stereocenters. The van der Waals surface area contributed by atoms with E-state index < -0.39 is 6.03 Å². The molecule has 8 nitrogen and oxygen atoms in total. The van der Waals surface area contributed by atoms with Crippen LogP contribution in [0.15, 0.2) is 53.9 Å². The van der Waals surface area contributed by atoms with Gasteiger partial charge in [0.2, 0.25) is 5.91 Å². The Morgan fingerprint density at radius 3 is 2.52 bits per heavy atom. The van der Waals surface area contributed by atoms with Gasteiger partial charge in [-0.25, -0.2) is 14.6 Å². The van der Waals surface area contributed by atoms with Crippen LogP contribution in [0.5, 0.6) is 0 Å². The highest BCUT2D eigenvalue weighted by Crippen LogP contribution is 2.18. The molecule has 9 heteroatoms. The predicted molar refractivity (Wildman–Crippen MR) is 130 cm³/mol. The number of hydrogen-bond acceptors (Lipinski definition) is 6. The van der Waals surface area contributed by atoms with Crippen LogP contribution in [-0.4, -0.2) is 29.5 Å². The lowest BCUT2D eigenvalue weighted by molar-refractivity contribution is -0.115. The first-order valence-corrected chi connectivity index (χ1v) is 11.5. The van der Waals surface area contributed by atoms with Gasteiger partial charge in [0.05, 0.1) is 24.3 Å². The van der Waals surface area contributed by atoms with Gasteiger partial charge in [0.1, 0.15) is 0 Å². The minimum absolute atomic E-state index is 0.0541. The number of rotatable bonds is 9. The first-order valence-electron chi connectivity index (χ1n) is 10.6. The molecule has 0 saturated carbocycles. The Labute approximate surface area is 196 Å². The van der Waals surface area contributed by atoms with Gasteiger partial charge in [0.25, 0.3) is 0 Å². The summed E-state index contributed by atoms with van der Waals surface area (Å²) in [5.41, 5.74) is 3.26. The molecule has 3 N–H and O–H groups in total. The Hall–Kier alpha value is -3.72. The minimum Gasteiger partial charge on any atom is -0.462 e. The molecule has 0 aliphatic rings. The van der Waals surface area contributed by atoms with Gasteiger partial charge in [-0.1, -0.05) is 25.5 Å². The summed E-state index contributed by atoms with van der Waals surface area (Å²) >= 11 is 1.24. The Bertz CT molecular complexity index is 1110. The number of amides is 3. The van der Waals surface area contributed by atoms with Crippen molar-refractivity contribution in [3.63, 3.8) is 0 Å². The topological polar surface area (TPSA) is 109 Å². The number of nitrogens with zero attached hydrogens (tertiary/aromatic N) is 1. The van der Waals surface area contributed by atoms with Gasteiger partial charge in [0.15, 0.2) is 5.13 Å². The second-order valence-electron chi connectivity index (χ2n) is 7.38. The maximum Gasteiger partial charge on any atom is 0.338 e. The van der Waals surface area contributed by atoms with Gasteiger partial charge in [0, 0.05) is 16.8 Å². The molecule has 1 heterocycles. The van der Waals surface area contributed by atoms with Crippen LogP contribution in [0.1, 0.15) is 41.4 Å². The van der Waals surface area contributed by atoms with Crippen molar-refractivity contribution in [1.82, 2.24) is 4.98 Å². The highest BCUT2D eigenvalue weighted by molar-refractivity contribution is 7.14. The lowest BCUT2D eigenvalue weighted by Crippen LogP contribution is -2.19. The number of aromatic nitrogens is 1. The second kappa shape index (κ2) is 11.8. The van der Waals surface area contributed by atoms with Crippen molar-refractivity contribution in [2.45, 2.75) is 33.1 Å². The van der Waals surface area contributed by atoms with Gasteiger partial charge in [-0.05, 0) is 55.3 Å². The molecule has 33 heavy (non-hydrogen) atoms. The summed E-state index contributed by atoms with van der Waals surface area (Å²) < 4.78 is 5.17. The molecule has 3 aromatic rings. The van der Waals surface area contributed by atoms with Crippen molar-refractivity contribution >= 4 is 45.8 Å². The first kappa shape index (κ1) is 23.9. The molecule has 0 atom stereocenters. The molecule has 1 aromatic heterocycles. The fourth-order valence-electron chi connectivity index (χ4n) is 2.88. The SMILES string of the molecule is CCCCOC(=O)c1ccc(NC(=O)Cc2csc(NC(=O)Nc3cccc(C)c3)n2)cc1.